The molecule has 2 N–H and O–H groups in total. The summed E-state index contributed by atoms with van der Waals surface area (Å²) >= 11 is 6.47. The normalized spacial score (nSPS) is 12.6. The number of Topliss-reactive ketones (excluding diaryl/α,β-unsaturated/α-hetero) is 1. The van der Waals surface area contributed by atoms with E-state index in [2.05, 4.69) is 15.9 Å². The number of hydrogen-bond donors (Lipinski definition) is 1. The zero-order valence-electron chi connectivity index (χ0n) is 8.35. The molecule has 0 aliphatic rings. The molecule has 16 heavy (non-hydrogen) atoms. The van der Waals surface area contributed by atoms with Gasteiger partial charge in [0.05, 0.1) is 9.83 Å². The van der Waals surface area contributed by atoms with E-state index in [1.165, 1.54) is 11.3 Å². The van der Waals surface area contributed by atoms with Gasteiger partial charge in [-0.05, 0) is 39.5 Å². The zero-order valence-corrected chi connectivity index (χ0v) is 11.6. The highest BCUT2D eigenvalue weighted by Crippen LogP contribution is 2.25. The summed E-state index contributed by atoms with van der Waals surface area (Å²) < 4.78 is 1.04. The Bertz CT molecular complexity index is 478. The number of carbonyl (C=O) groups excluding carboxylic acids is 1. The number of carbonyl (C=O) groups is 1. The Labute approximate surface area is 110 Å². The summed E-state index contributed by atoms with van der Waals surface area (Å²) in [4.78, 5) is 13.9. The summed E-state index contributed by atoms with van der Waals surface area (Å²) in [5, 5.41) is 1.93. The third-order valence-corrected chi connectivity index (χ3v) is 4.75. The molecule has 1 atom stereocenters. The van der Waals surface area contributed by atoms with E-state index in [0.717, 1.165) is 13.5 Å². The molecule has 0 aliphatic heterocycles. The second-order valence-corrected chi connectivity index (χ2v) is 6.87. The summed E-state index contributed by atoms with van der Waals surface area (Å²) in [7, 11) is 0. The molecule has 0 fully saturated rings. The molecular formula is C11H10BrNOS2. The maximum Gasteiger partial charge on any atom is 0.160 e. The fourth-order valence-electron chi connectivity index (χ4n) is 1.36. The van der Waals surface area contributed by atoms with E-state index in [4.69, 9.17) is 5.73 Å². The molecule has 2 heterocycles. The van der Waals surface area contributed by atoms with Crippen molar-refractivity contribution in [1.82, 2.24) is 0 Å². The second-order valence-electron chi connectivity index (χ2n) is 3.34. The van der Waals surface area contributed by atoms with Gasteiger partial charge in [-0.2, -0.15) is 0 Å². The quantitative estimate of drug-likeness (QED) is 0.939. The molecule has 0 saturated carbocycles. The minimum absolute atomic E-state index is 0.0665. The van der Waals surface area contributed by atoms with Crippen molar-refractivity contribution in [3.8, 4) is 0 Å². The summed E-state index contributed by atoms with van der Waals surface area (Å²) in [6, 6.07) is 7.23. The predicted octanol–water partition coefficient (Wildman–Crippen LogP) is 3.38. The highest BCUT2D eigenvalue weighted by atomic mass is 79.9. The van der Waals surface area contributed by atoms with Gasteiger partial charge in [-0.3, -0.25) is 4.79 Å². The monoisotopic (exact) mass is 315 g/mol. The first-order valence-corrected chi connectivity index (χ1v) is 7.21. The predicted molar refractivity (Wildman–Crippen MR) is 72.0 cm³/mol. The lowest BCUT2D eigenvalue weighted by Crippen LogP contribution is -2.21. The average Bonchev–Trinajstić information content (AvgIpc) is 2.88. The van der Waals surface area contributed by atoms with Gasteiger partial charge in [-0.25, -0.2) is 0 Å². The van der Waals surface area contributed by atoms with E-state index in [-0.39, 0.29) is 5.78 Å². The SMILES string of the molecule is NC(C(=O)Cc1ccc(Br)s1)c1cccs1. The van der Waals surface area contributed by atoms with Crippen LogP contribution >= 0.6 is 38.6 Å². The first-order valence-electron chi connectivity index (χ1n) is 4.72. The standard InChI is InChI=1S/C11H10BrNOS2/c12-10-4-3-7(16-10)6-8(14)11(13)9-2-1-5-15-9/h1-5,11H,6,13H2. The van der Waals surface area contributed by atoms with Gasteiger partial charge in [0.25, 0.3) is 0 Å². The van der Waals surface area contributed by atoms with Crippen LogP contribution in [0.1, 0.15) is 15.8 Å². The maximum atomic E-state index is 11.9. The number of hydrogen-bond acceptors (Lipinski definition) is 4. The Hall–Kier alpha value is -0.490. The van der Waals surface area contributed by atoms with Crippen molar-refractivity contribution in [1.29, 1.82) is 0 Å². The maximum absolute atomic E-state index is 11.9. The molecule has 0 saturated heterocycles. The van der Waals surface area contributed by atoms with Gasteiger partial charge in [0.1, 0.15) is 0 Å². The van der Waals surface area contributed by atoms with Crippen molar-refractivity contribution in [2.24, 2.45) is 5.73 Å². The smallest absolute Gasteiger partial charge is 0.160 e. The van der Waals surface area contributed by atoms with Gasteiger partial charge in [0.15, 0.2) is 5.78 Å². The highest BCUT2D eigenvalue weighted by Gasteiger charge is 2.17. The fourth-order valence-corrected chi connectivity index (χ4v) is 3.60. The lowest BCUT2D eigenvalue weighted by Gasteiger charge is -2.06. The van der Waals surface area contributed by atoms with Gasteiger partial charge in [0.2, 0.25) is 0 Å². The zero-order chi connectivity index (χ0) is 11.5. The number of ketones is 1. The van der Waals surface area contributed by atoms with Gasteiger partial charge in [-0.1, -0.05) is 6.07 Å². The molecule has 0 aliphatic carbocycles. The minimum atomic E-state index is -0.485. The van der Waals surface area contributed by atoms with Gasteiger partial charge in [-0.15, -0.1) is 22.7 Å². The molecule has 0 aromatic carbocycles. The van der Waals surface area contributed by atoms with Crippen molar-refractivity contribution in [3.05, 3.63) is 43.2 Å². The Morgan fingerprint density at radius 2 is 2.25 bits per heavy atom. The molecular weight excluding hydrogens is 306 g/mol. The molecule has 0 radical (unpaired) electrons. The van der Waals surface area contributed by atoms with Gasteiger partial charge < -0.3 is 5.73 Å². The molecule has 2 aromatic rings. The van der Waals surface area contributed by atoms with E-state index < -0.39 is 6.04 Å². The Balaban J connectivity index is 2.03. The van der Waals surface area contributed by atoms with Gasteiger partial charge in [0, 0.05) is 16.2 Å². The van der Waals surface area contributed by atoms with Crippen LogP contribution in [0.2, 0.25) is 0 Å². The molecule has 1 unspecified atom stereocenters. The van der Waals surface area contributed by atoms with Gasteiger partial charge >= 0.3 is 0 Å². The fraction of sp³-hybridized carbons (Fsp3) is 0.182. The molecule has 2 rings (SSSR count). The van der Waals surface area contributed by atoms with Crippen LogP contribution in [0.4, 0.5) is 0 Å². The van der Waals surface area contributed by atoms with Crippen LogP contribution in [0.25, 0.3) is 0 Å². The Morgan fingerprint density at radius 1 is 1.44 bits per heavy atom. The van der Waals surface area contributed by atoms with Crippen molar-refractivity contribution in [2.75, 3.05) is 0 Å². The lowest BCUT2D eigenvalue weighted by molar-refractivity contribution is -0.119. The summed E-state index contributed by atoms with van der Waals surface area (Å²) in [6.45, 7) is 0. The third-order valence-electron chi connectivity index (χ3n) is 2.17. The third kappa shape index (κ3) is 2.79. The van der Waals surface area contributed by atoms with Crippen LogP contribution in [-0.2, 0) is 11.2 Å². The molecule has 0 spiro atoms. The van der Waals surface area contributed by atoms with Crippen molar-refractivity contribution in [3.63, 3.8) is 0 Å². The molecule has 2 nitrogen and oxygen atoms in total. The number of thiophene rings is 2. The number of nitrogens with two attached hydrogens (primary N) is 1. The lowest BCUT2D eigenvalue weighted by atomic mass is 10.1. The Kier molecular flexibility index (Phi) is 3.91. The van der Waals surface area contributed by atoms with E-state index in [0.29, 0.717) is 6.42 Å². The second kappa shape index (κ2) is 5.23. The van der Waals surface area contributed by atoms with Crippen LogP contribution in [0.15, 0.2) is 33.4 Å². The van der Waals surface area contributed by atoms with E-state index in [1.807, 2.05) is 29.6 Å². The summed E-state index contributed by atoms with van der Waals surface area (Å²) in [6.07, 6.45) is 0.412. The molecule has 0 bridgehead atoms. The molecule has 84 valence electrons. The molecule has 2 aromatic heterocycles. The van der Waals surface area contributed by atoms with Crippen molar-refractivity contribution in [2.45, 2.75) is 12.5 Å². The van der Waals surface area contributed by atoms with Crippen LogP contribution < -0.4 is 5.73 Å². The average molecular weight is 316 g/mol. The van der Waals surface area contributed by atoms with E-state index in [9.17, 15) is 4.79 Å². The van der Waals surface area contributed by atoms with Crippen LogP contribution in [0.3, 0.4) is 0 Å². The topological polar surface area (TPSA) is 43.1 Å². The first kappa shape index (κ1) is 12.0. The van der Waals surface area contributed by atoms with Crippen LogP contribution in [-0.4, -0.2) is 5.78 Å². The van der Waals surface area contributed by atoms with E-state index >= 15 is 0 Å². The van der Waals surface area contributed by atoms with Crippen LogP contribution in [0.5, 0.6) is 0 Å². The van der Waals surface area contributed by atoms with Crippen molar-refractivity contribution >= 4 is 44.4 Å². The highest BCUT2D eigenvalue weighted by molar-refractivity contribution is 9.11. The Morgan fingerprint density at radius 3 is 2.81 bits per heavy atom. The van der Waals surface area contributed by atoms with Crippen LogP contribution in [0, 0.1) is 0 Å². The summed E-state index contributed by atoms with van der Waals surface area (Å²) in [5.74, 6) is 0.0665. The van der Waals surface area contributed by atoms with E-state index in [1.54, 1.807) is 11.3 Å². The molecule has 0 amide bonds. The van der Waals surface area contributed by atoms with Crippen molar-refractivity contribution < 1.29 is 4.79 Å². The summed E-state index contributed by atoms with van der Waals surface area (Å²) in [5.41, 5.74) is 5.89. The number of halogens is 1. The largest absolute Gasteiger partial charge is 0.317 e. The number of rotatable bonds is 4. The first-order chi connectivity index (χ1) is 7.66. The molecule has 5 heteroatoms. The minimum Gasteiger partial charge on any atom is -0.317 e.